The molecule has 0 atom stereocenters. The zero-order chi connectivity index (χ0) is 21.3. The zero-order valence-electron chi connectivity index (χ0n) is 15.4. The van der Waals surface area contributed by atoms with Crippen LogP contribution in [0.25, 0.3) is 38.6 Å². The number of fused-ring (bicyclic) bond motifs is 4. The molecule has 8 heteroatoms. The van der Waals surface area contributed by atoms with Gasteiger partial charge in [-0.25, -0.2) is 18.6 Å². The Kier molecular flexibility index (Phi) is 5.53. The summed E-state index contributed by atoms with van der Waals surface area (Å²) in [5, 5.41) is 4.13. The standard InChI is InChI=1S/C22H14ClN2.ClHO4/c23-18-10-11-20-19(13-18)22(15-6-2-1-3-7-15)24-21-12-16-8-4-5-9-17(16)14-25(20)21;2-1(3,4)5/h1-14H;(H,2,3,4,5)/q+1;/p-1. The quantitative estimate of drug-likeness (QED) is 0.216. The second-order valence-corrected chi connectivity index (χ2v) is 7.69. The Morgan fingerprint density at radius 2 is 1.40 bits per heavy atom. The van der Waals surface area contributed by atoms with Crippen molar-refractivity contribution in [3.05, 3.63) is 90.1 Å². The van der Waals surface area contributed by atoms with E-state index in [-0.39, 0.29) is 0 Å². The van der Waals surface area contributed by atoms with Crippen molar-refractivity contribution < 1.29 is 33.3 Å². The van der Waals surface area contributed by atoms with E-state index < -0.39 is 10.2 Å². The first-order chi connectivity index (χ1) is 14.3. The number of nitrogens with zero attached hydrogens (tertiary/aromatic N) is 2. The van der Waals surface area contributed by atoms with Crippen LogP contribution in [0, 0.1) is 10.2 Å². The molecule has 0 aliphatic rings. The van der Waals surface area contributed by atoms with E-state index in [4.69, 9.17) is 35.2 Å². The molecule has 2 aromatic heterocycles. The summed E-state index contributed by atoms with van der Waals surface area (Å²) < 4.78 is 36.1. The molecule has 0 radical (unpaired) electrons. The van der Waals surface area contributed by atoms with Crippen molar-refractivity contribution >= 4 is 38.9 Å². The van der Waals surface area contributed by atoms with E-state index in [9.17, 15) is 0 Å². The molecule has 0 aliphatic carbocycles. The predicted octanol–water partition coefficient (Wildman–Crippen LogP) is 0.691. The van der Waals surface area contributed by atoms with E-state index in [1.807, 2.05) is 30.3 Å². The molecule has 150 valence electrons. The van der Waals surface area contributed by atoms with Crippen molar-refractivity contribution in [1.82, 2.24) is 4.98 Å². The summed E-state index contributed by atoms with van der Waals surface area (Å²) in [5.74, 6) is 0. The summed E-state index contributed by atoms with van der Waals surface area (Å²) in [6, 6.07) is 26.7. The van der Waals surface area contributed by atoms with Crippen molar-refractivity contribution in [2.45, 2.75) is 0 Å². The third-order valence-electron chi connectivity index (χ3n) is 4.54. The van der Waals surface area contributed by atoms with Gasteiger partial charge in [-0.3, -0.25) is 0 Å². The van der Waals surface area contributed by atoms with Crippen LogP contribution >= 0.6 is 11.6 Å². The molecule has 3 aromatic carbocycles. The lowest BCUT2D eigenvalue weighted by Gasteiger charge is -2.17. The van der Waals surface area contributed by atoms with Gasteiger partial charge in [-0.05, 0) is 28.6 Å². The van der Waals surface area contributed by atoms with Gasteiger partial charge in [-0.2, -0.15) is 4.40 Å². The topological polar surface area (TPSA) is 109 Å². The van der Waals surface area contributed by atoms with Gasteiger partial charge < -0.3 is 0 Å². The van der Waals surface area contributed by atoms with Crippen molar-refractivity contribution in [3.63, 3.8) is 0 Å². The largest absolute Gasteiger partial charge is 0.329 e. The van der Waals surface area contributed by atoms with E-state index in [1.165, 1.54) is 10.8 Å². The molecule has 6 nitrogen and oxygen atoms in total. The molecule has 0 saturated heterocycles. The summed E-state index contributed by atoms with van der Waals surface area (Å²) in [5.41, 5.74) is 4.06. The fourth-order valence-electron chi connectivity index (χ4n) is 3.35. The highest BCUT2D eigenvalue weighted by molar-refractivity contribution is 6.31. The van der Waals surface area contributed by atoms with E-state index in [0.29, 0.717) is 5.02 Å². The van der Waals surface area contributed by atoms with Crippen LogP contribution in [-0.2, 0) is 0 Å². The number of hydrogen-bond acceptors (Lipinski definition) is 5. The van der Waals surface area contributed by atoms with Crippen LogP contribution in [0.2, 0.25) is 5.02 Å². The van der Waals surface area contributed by atoms with E-state index in [0.717, 1.165) is 27.8 Å². The second kappa shape index (κ2) is 8.12. The average molecular weight is 441 g/mol. The Bertz CT molecular complexity index is 1350. The lowest BCUT2D eigenvalue weighted by atomic mass is 10.1. The molecule has 0 spiro atoms. The van der Waals surface area contributed by atoms with Gasteiger partial charge in [0, 0.05) is 22.0 Å². The molecule has 0 N–H and O–H groups in total. The molecule has 5 aromatic rings. The van der Waals surface area contributed by atoms with E-state index >= 15 is 0 Å². The number of hydrogen-bond donors (Lipinski definition) is 0. The van der Waals surface area contributed by atoms with Gasteiger partial charge in [0.15, 0.2) is 5.69 Å². The van der Waals surface area contributed by atoms with Crippen LogP contribution in [0.3, 0.4) is 0 Å². The molecule has 2 heterocycles. The first kappa shape index (κ1) is 20.4. The lowest BCUT2D eigenvalue weighted by Crippen LogP contribution is -2.68. The first-order valence-corrected chi connectivity index (χ1v) is 10.4. The van der Waals surface area contributed by atoms with Gasteiger partial charge in [0.25, 0.3) is 0 Å². The molecule has 30 heavy (non-hydrogen) atoms. The molecule has 5 rings (SSSR count). The lowest BCUT2D eigenvalue weighted by molar-refractivity contribution is -2.00. The van der Waals surface area contributed by atoms with Crippen molar-refractivity contribution in [2.24, 2.45) is 0 Å². The van der Waals surface area contributed by atoms with Crippen LogP contribution in [-0.4, -0.2) is 4.98 Å². The third kappa shape index (κ3) is 4.49. The number of benzene rings is 3. The second-order valence-electron chi connectivity index (χ2n) is 6.50. The molecular weight excluding hydrogens is 427 g/mol. The minimum absolute atomic E-state index is 0.715. The van der Waals surface area contributed by atoms with Gasteiger partial charge in [0.2, 0.25) is 0 Å². The molecule has 0 saturated carbocycles. The number of rotatable bonds is 1. The van der Waals surface area contributed by atoms with Crippen LogP contribution in [0.4, 0.5) is 0 Å². The third-order valence-corrected chi connectivity index (χ3v) is 4.78. The van der Waals surface area contributed by atoms with Gasteiger partial charge in [0.1, 0.15) is 11.7 Å². The maximum Gasteiger partial charge on any atom is 0.329 e. The Balaban J connectivity index is 0.000000393. The van der Waals surface area contributed by atoms with Crippen molar-refractivity contribution in [1.29, 1.82) is 0 Å². The van der Waals surface area contributed by atoms with E-state index in [2.05, 4.69) is 59.1 Å². The minimum Gasteiger partial charge on any atom is -0.222 e. The molecule has 0 aliphatic heterocycles. The number of halogens is 2. The van der Waals surface area contributed by atoms with Gasteiger partial charge in [-0.15, -0.1) is 10.2 Å². The Morgan fingerprint density at radius 3 is 2.10 bits per heavy atom. The highest BCUT2D eigenvalue weighted by atomic mass is 35.7. The maximum absolute atomic E-state index is 8.49. The zero-order valence-corrected chi connectivity index (χ0v) is 16.9. The van der Waals surface area contributed by atoms with Crippen LogP contribution < -0.4 is 23.0 Å². The van der Waals surface area contributed by atoms with Gasteiger partial charge in [-0.1, -0.05) is 66.2 Å². The predicted molar refractivity (Wildman–Crippen MR) is 103 cm³/mol. The maximum atomic E-state index is 8.49. The van der Waals surface area contributed by atoms with Gasteiger partial charge >= 0.3 is 5.65 Å². The summed E-state index contributed by atoms with van der Waals surface area (Å²) in [7, 11) is -4.94. The van der Waals surface area contributed by atoms with Crippen molar-refractivity contribution in [3.8, 4) is 11.3 Å². The molecule has 0 unspecified atom stereocenters. The average Bonchev–Trinajstić information content (AvgIpc) is 2.71. The fraction of sp³-hybridized carbons (Fsp3) is 0. The van der Waals surface area contributed by atoms with Crippen molar-refractivity contribution in [2.75, 3.05) is 0 Å². The Labute approximate surface area is 178 Å². The Hall–Kier alpha value is -2.84. The Morgan fingerprint density at radius 1 is 0.767 bits per heavy atom. The van der Waals surface area contributed by atoms with E-state index in [1.54, 1.807) is 0 Å². The summed E-state index contributed by atoms with van der Waals surface area (Å²) in [4.78, 5) is 4.97. The van der Waals surface area contributed by atoms with Crippen LogP contribution in [0.1, 0.15) is 0 Å². The molecular formula is C22H14Cl2N2O4. The summed E-state index contributed by atoms with van der Waals surface area (Å²) in [6.45, 7) is 0. The molecule has 0 bridgehead atoms. The minimum atomic E-state index is -4.94. The highest BCUT2D eigenvalue weighted by Gasteiger charge is 2.19. The summed E-state index contributed by atoms with van der Waals surface area (Å²) in [6.07, 6.45) is 2.14. The smallest absolute Gasteiger partial charge is 0.222 e. The monoisotopic (exact) mass is 440 g/mol. The molecule has 0 amide bonds. The summed E-state index contributed by atoms with van der Waals surface area (Å²) >= 11 is 6.29. The normalized spacial score (nSPS) is 11.5. The number of pyridine rings is 1. The number of aromatic nitrogens is 2. The van der Waals surface area contributed by atoms with Crippen LogP contribution in [0.5, 0.6) is 0 Å². The highest BCUT2D eigenvalue weighted by Crippen LogP contribution is 2.28. The SMILES string of the molecule is Clc1ccc2c(c1)c(-c1ccccc1)nc1cc3ccccc3c[n+]12.[O-][Cl+3]([O-])([O-])[O-]. The first-order valence-electron chi connectivity index (χ1n) is 8.80. The molecule has 0 fully saturated rings. The van der Waals surface area contributed by atoms with Gasteiger partial charge in [0.05, 0.1) is 5.39 Å². The fourth-order valence-corrected chi connectivity index (χ4v) is 3.52. The van der Waals surface area contributed by atoms with Crippen LogP contribution in [0.15, 0.2) is 85.1 Å².